The van der Waals surface area contributed by atoms with Crippen LogP contribution in [-0.4, -0.2) is 70.3 Å². The van der Waals surface area contributed by atoms with E-state index >= 15 is 0 Å². The van der Waals surface area contributed by atoms with Gasteiger partial charge in [0.2, 0.25) is 11.8 Å². The molecule has 2 aromatic heterocycles. The van der Waals surface area contributed by atoms with Crippen LogP contribution in [0.4, 0.5) is 4.39 Å². The fraction of sp³-hybridized carbons (Fsp3) is 0.583. The van der Waals surface area contributed by atoms with Crippen LogP contribution in [-0.2, 0) is 9.53 Å². The van der Waals surface area contributed by atoms with Gasteiger partial charge < -0.3 is 19.7 Å². The number of rotatable bonds is 6. The van der Waals surface area contributed by atoms with Gasteiger partial charge in [-0.1, -0.05) is 0 Å². The van der Waals surface area contributed by atoms with Gasteiger partial charge in [-0.15, -0.1) is 0 Å². The summed E-state index contributed by atoms with van der Waals surface area (Å²) in [5, 5.41) is 10.1. The van der Waals surface area contributed by atoms with E-state index in [1.165, 1.54) is 13.2 Å². The summed E-state index contributed by atoms with van der Waals surface area (Å²) < 4.78 is 25.0. The van der Waals surface area contributed by atoms with E-state index in [0.717, 1.165) is 38.5 Å². The van der Waals surface area contributed by atoms with Crippen LogP contribution in [0.15, 0.2) is 18.3 Å². The van der Waals surface area contributed by atoms with E-state index in [2.05, 4.69) is 20.5 Å². The highest BCUT2D eigenvalue weighted by Crippen LogP contribution is 2.51. The van der Waals surface area contributed by atoms with Gasteiger partial charge >= 0.3 is 0 Å². The molecule has 2 aliphatic carbocycles. The number of hydrogen-bond donors (Lipinski definition) is 2. The molecular weight excluding hydrogens is 441 g/mol. The van der Waals surface area contributed by atoms with Gasteiger partial charge in [0.25, 0.3) is 5.91 Å². The van der Waals surface area contributed by atoms with Crippen molar-refractivity contribution >= 4 is 11.8 Å². The summed E-state index contributed by atoms with van der Waals surface area (Å²) in [6, 6.07) is 3.02. The number of hydrogen-bond acceptors (Lipinski definition) is 6. The summed E-state index contributed by atoms with van der Waals surface area (Å²) in [7, 11) is 1.45. The first kappa shape index (κ1) is 21.5. The van der Waals surface area contributed by atoms with Crippen LogP contribution < -0.4 is 10.1 Å². The minimum Gasteiger partial charge on any atom is -0.481 e. The normalized spacial score (nSPS) is 28.5. The van der Waals surface area contributed by atoms with Gasteiger partial charge in [0.15, 0.2) is 11.5 Å². The van der Waals surface area contributed by atoms with Crippen molar-refractivity contribution < 1.29 is 23.5 Å². The Labute approximate surface area is 196 Å². The van der Waals surface area contributed by atoms with E-state index in [-0.39, 0.29) is 45.8 Å². The Morgan fingerprint density at radius 1 is 1.32 bits per heavy atom. The third kappa shape index (κ3) is 3.55. The monoisotopic (exact) mass is 469 g/mol. The quantitative estimate of drug-likeness (QED) is 0.672. The summed E-state index contributed by atoms with van der Waals surface area (Å²) in [4.78, 5) is 31.9. The fourth-order valence-electron chi connectivity index (χ4n) is 5.85. The lowest BCUT2D eigenvalue weighted by molar-refractivity contribution is -0.127. The number of likely N-dealkylation sites (tertiary alicyclic amines) is 1. The number of nitrogens with one attached hydrogen (secondary N) is 2. The number of amides is 2. The summed E-state index contributed by atoms with van der Waals surface area (Å²) >= 11 is 0. The number of pyridine rings is 1. The average molecular weight is 470 g/mol. The first-order valence-electron chi connectivity index (χ1n) is 11.9. The minimum atomic E-state index is -0.532. The van der Waals surface area contributed by atoms with Crippen LogP contribution in [0.5, 0.6) is 5.88 Å². The Morgan fingerprint density at radius 2 is 2.15 bits per heavy atom. The molecule has 5 aliphatic rings. The zero-order valence-corrected chi connectivity index (χ0v) is 19.1. The van der Waals surface area contributed by atoms with E-state index in [1.807, 2.05) is 4.90 Å². The predicted molar refractivity (Wildman–Crippen MR) is 118 cm³/mol. The third-order valence-electron chi connectivity index (χ3n) is 8.05. The molecule has 1 atom stereocenters. The molecule has 0 radical (unpaired) electrons. The van der Waals surface area contributed by atoms with Crippen molar-refractivity contribution in [1.29, 1.82) is 0 Å². The molecule has 0 unspecified atom stereocenters. The zero-order chi connectivity index (χ0) is 23.5. The minimum absolute atomic E-state index is 0.0886. The molecule has 10 heteroatoms. The van der Waals surface area contributed by atoms with Crippen LogP contribution in [0.2, 0.25) is 0 Å². The molecule has 2 saturated carbocycles. The van der Waals surface area contributed by atoms with Crippen molar-refractivity contribution in [1.82, 2.24) is 25.4 Å². The number of ether oxygens (including phenoxy) is 2. The molecule has 9 nitrogen and oxygen atoms in total. The molecule has 1 spiro atoms. The van der Waals surface area contributed by atoms with Gasteiger partial charge in [-0.25, -0.2) is 9.37 Å². The van der Waals surface area contributed by atoms with Gasteiger partial charge in [0.1, 0.15) is 0 Å². The number of nitrogens with zero attached hydrogens (tertiary/aromatic N) is 3. The van der Waals surface area contributed by atoms with Crippen LogP contribution in [0.3, 0.4) is 0 Å². The number of methoxy groups -OCH3 is 1. The Hall–Kier alpha value is -3.01. The van der Waals surface area contributed by atoms with Gasteiger partial charge in [0, 0.05) is 41.6 Å². The number of H-pyrrole nitrogens is 1. The second kappa shape index (κ2) is 7.76. The van der Waals surface area contributed by atoms with E-state index in [0.29, 0.717) is 37.7 Å². The molecule has 2 amide bonds. The Morgan fingerprint density at radius 3 is 2.85 bits per heavy atom. The Bertz CT molecular complexity index is 1130. The van der Waals surface area contributed by atoms with Crippen molar-refractivity contribution in [2.24, 2.45) is 11.3 Å². The van der Waals surface area contributed by atoms with Crippen molar-refractivity contribution in [3.8, 4) is 17.1 Å². The second-order valence-corrected chi connectivity index (χ2v) is 10.3. The summed E-state index contributed by atoms with van der Waals surface area (Å²) in [6.07, 6.45) is 6.63. The average Bonchev–Trinajstić information content (AvgIpc) is 3.21. The topological polar surface area (TPSA) is 109 Å². The van der Waals surface area contributed by atoms with E-state index < -0.39 is 5.82 Å². The molecular formula is C24H28FN5O4. The number of fused-ring (bicyclic) bond motifs is 1. The molecule has 34 heavy (non-hydrogen) atoms. The molecule has 3 aliphatic heterocycles. The maximum absolute atomic E-state index is 14.3. The number of aromatic nitrogens is 3. The van der Waals surface area contributed by atoms with E-state index in [9.17, 15) is 14.0 Å². The van der Waals surface area contributed by atoms with Gasteiger partial charge in [-0.2, -0.15) is 5.10 Å². The standard InChI is InChI=1S/C24H28FN5O4/c1-33-20-6-16(17(25)11-26-20)18-7-19(29-28-18)22(32)30-5-2-14(8-24(30)3-4-24)21(31)27-12-23-9-15(10-23)34-13-23/h6-7,11,14-15H,2-5,8-10,12-13H2,1H3,(H,27,31)(H,28,29)/t14-,15?,23?/m0/s1. The van der Waals surface area contributed by atoms with Crippen molar-refractivity contribution in [3.05, 3.63) is 29.8 Å². The highest BCUT2D eigenvalue weighted by atomic mass is 19.1. The molecule has 2 N–H and O–H groups in total. The van der Waals surface area contributed by atoms with Crippen molar-refractivity contribution in [2.75, 3.05) is 26.8 Å². The largest absolute Gasteiger partial charge is 0.481 e. The molecule has 5 fully saturated rings. The fourth-order valence-corrected chi connectivity index (χ4v) is 5.85. The smallest absolute Gasteiger partial charge is 0.274 e. The third-order valence-corrected chi connectivity index (χ3v) is 8.05. The van der Waals surface area contributed by atoms with Crippen molar-refractivity contribution in [2.45, 2.75) is 50.2 Å². The highest BCUT2D eigenvalue weighted by Gasteiger charge is 2.55. The molecule has 180 valence electrons. The number of carbonyl (C=O) groups excluding carboxylic acids is 2. The predicted octanol–water partition coefficient (Wildman–Crippen LogP) is 2.30. The number of halogens is 1. The number of carbonyl (C=O) groups is 2. The number of piperidine rings is 1. The maximum atomic E-state index is 14.3. The van der Waals surface area contributed by atoms with Crippen LogP contribution in [0.25, 0.3) is 11.3 Å². The maximum Gasteiger partial charge on any atom is 0.274 e. The number of aromatic amines is 1. The Kier molecular flexibility index (Phi) is 4.91. The van der Waals surface area contributed by atoms with E-state index in [4.69, 9.17) is 9.47 Å². The molecule has 2 bridgehead atoms. The lowest BCUT2D eigenvalue weighted by atomic mass is 9.70. The lowest BCUT2D eigenvalue weighted by Crippen LogP contribution is -2.52. The summed E-state index contributed by atoms with van der Waals surface area (Å²) in [5.74, 6) is -0.451. The zero-order valence-electron chi connectivity index (χ0n) is 19.1. The van der Waals surface area contributed by atoms with Crippen LogP contribution >= 0.6 is 0 Å². The molecule has 3 saturated heterocycles. The Balaban J connectivity index is 1.12. The molecule has 2 aromatic rings. The first-order chi connectivity index (χ1) is 16.4. The van der Waals surface area contributed by atoms with Crippen LogP contribution in [0, 0.1) is 17.2 Å². The summed E-state index contributed by atoms with van der Waals surface area (Å²) in [5.41, 5.74) is 0.718. The lowest BCUT2D eigenvalue weighted by Gasteiger charge is -2.40. The highest BCUT2D eigenvalue weighted by molar-refractivity contribution is 5.94. The van der Waals surface area contributed by atoms with E-state index in [1.54, 1.807) is 6.07 Å². The van der Waals surface area contributed by atoms with Crippen molar-refractivity contribution in [3.63, 3.8) is 0 Å². The van der Waals surface area contributed by atoms with Gasteiger partial charge in [-0.3, -0.25) is 14.7 Å². The molecule has 0 aromatic carbocycles. The molecule has 7 rings (SSSR count). The molecule has 5 heterocycles. The second-order valence-electron chi connectivity index (χ2n) is 10.3. The van der Waals surface area contributed by atoms with Gasteiger partial charge in [-0.05, 0) is 44.6 Å². The van der Waals surface area contributed by atoms with Gasteiger partial charge in [0.05, 0.1) is 31.7 Å². The van der Waals surface area contributed by atoms with Crippen LogP contribution in [0.1, 0.15) is 49.0 Å². The SMILES string of the molecule is COc1cc(-c2cc(C(=O)N3CC[C@H](C(=O)NCC45COC(C4)C5)CC34CC4)n[nH]2)c(F)cn1. The summed E-state index contributed by atoms with van der Waals surface area (Å²) in [6.45, 7) is 1.93. The first-order valence-corrected chi connectivity index (χ1v) is 11.9.